The quantitative estimate of drug-likeness (QED) is 0.629. The van der Waals surface area contributed by atoms with Crippen LogP contribution in [0.15, 0.2) is 12.1 Å². The number of carbonyl (C=O) groups excluding carboxylic acids is 1. The fraction of sp³-hybridized carbons (Fsp3) is 0.462. The molecule has 0 saturated carbocycles. The number of nitrogens with one attached hydrogen (secondary N) is 2. The minimum atomic E-state index is -0.432. The fourth-order valence-electron chi connectivity index (χ4n) is 2.12. The highest BCUT2D eigenvalue weighted by Gasteiger charge is 2.22. The van der Waals surface area contributed by atoms with E-state index in [9.17, 15) is 14.9 Å². The van der Waals surface area contributed by atoms with Gasteiger partial charge >= 0.3 is 0 Å². The van der Waals surface area contributed by atoms with E-state index >= 15 is 0 Å². The van der Waals surface area contributed by atoms with Crippen LogP contribution in [-0.2, 0) is 11.2 Å². The SMILES string of the molecule is CN(C)CCNc1cc2c(cc1[N+](=O)[O-])NC(=O)CC2. The van der Waals surface area contributed by atoms with Crippen molar-refractivity contribution in [2.24, 2.45) is 0 Å². The molecule has 0 unspecified atom stereocenters. The highest BCUT2D eigenvalue weighted by molar-refractivity contribution is 5.95. The molecule has 1 aromatic rings. The zero-order valence-electron chi connectivity index (χ0n) is 11.6. The monoisotopic (exact) mass is 278 g/mol. The van der Waals surface area contributed by atoms with Crippen LogP contribution in [0, 0.1) is 10.1 Å². The standard InChI is InChI=1S/C13H18N4O3/c1-16(2)6-5-14-11-7-9-3-4-13(18)15-10(9)8-12(11)17(19)20/h7-8,14H,3-6H2,1-2H3,(H,15,18). The minimum Gasteiger partial charge on any atom is -0.378 e. The first-order valence-corrected chi connectivity index (χ1v) is 6.47. The Balaban J connectivity index is 2.25. The number of nitrogens with zero attached hydrogens (tertiary/aromatic N) is 2. The predicted molar refractivity (Wildman–Crippen MR) is 77.1 cm³/mol. The van der Waals surface area contributed by atoms with Crippen LogP contribution in [0.5, 0.6) is 0 Å². The van der Waals surface area contributed by atoms with E-state index in [2.05, 4.69) is 10.6 Å². The summed E-state index contributed by atoms with van der Waals surface area (Å²) in [6.07, 6.45) is 1.03. The Morgan fingerprint density at radius 2 is 2.15 bits per heavy atom. The number of amides is 1. The molecule has 0 aliphatic carbocycles. The predicted octanol–water partition coefficient (Wildman–Crippen LogP) is 1.45. The van der Waals surface area contributed by atoms with Gasteiger partial charge in [0.2, 0.25) is 5.91 Å². The first-order chi connectivity index (χ1) is 9.47. The maximum atomic E-state index is 11.3. The summed E-state index contributed by atoms with van der Waals surface area (Å²) in [6.45, 7) is 1.41. The fourth-order valence-corrected chi connectivity index (χ4v) is 2.12. The Morgan fingerprint density at radius 1 is 1.40 bits per heavy atom. The van der Waals surface area contributed by atoms with Crippen molar-refractivity contribution in [3.8, 4) is 0 Å². The van der Waals surface area contributed by atoms with Gasteiger partial charge in [0.05, 0.1) is 10.6 Å². The van der Waals surface area contributed by atoms with Crippen LogP contribution in [-0.4, -0.2) is 42.9 Å². The van der Waals surface area contributed by atoms with Gasteiger partial charge in [-0.1, -0.05) is 0 Å². The number of anilines is 2. The third-order valence-electron chi connectivity index (χ3n) is 3.19. The molecule has 0 radical (unpaired) electrons. The molecule has 7 heteroatoms. The van der Waals surface area contributed by atoms with Crippen molar-refractivity contribution < 1.29 is 9.72 Å². The van der Waals surface area contributed by atoms with Crippen LogP contribution in [0.25, 0.3) is 0 Å². The van der Waals surface area contributed by atoms with Gasteiger partial charge in [0.25, 0.3) is 5.69 Å². The molecule has 7 nitrogen and oxygen atoms in total. The van der Waals surface area contributed by atoms with Gasteiger partial charge in [0, 0.05) is 25.6 Å². The Kier molecular flexibility index (Phi) is 4.19. The largest absolute Gasteiger partial charge is 0.378 e. The van der Waals surface area contributed by atoms with Gasteiger partial charge in [-0.15, -0.1) is 0 Å². The van der Waals surface area contributed by atoms with Crippen molar-refractivity contribution in [2.45, 2.75) is 12.8 Å². The molecule has 1 aromatic carbocycles. The molecule has 0 atom stereocenters. The summed E-state index contributed by atoms with van der Waals surface area (Å²) in [5.74, 6) is -0.0971. The minimum absolute atomic E-state index is 0.00953. The van der Waals surface area contributed by atoms with Crippen molar-refractivity contribution in [3.63, 3.8) is 0 Å². The molecule has 108 valence electrons. The summed E-state index contributed by atoms with van der Waals surface area (Å²) in [4.78, 5) is 24.0. The Morgan fingerprint density at radius 3 is 2.80 bits per heavy atom. The molecule has 1 heterocycles. The molecule has 2 N–H and O–H groups in total. The summed E-state index contributed by atoms with van der Waals surface area (Å²) in [5, 5.41) is 16.9. The number of carbonyl (C=O) groups is 1. The number of likely N-dealkylation sites (N-methyl/N-ethyl adjacent to an activating group) is 1. The normalized spacial score (nSPS) is 13.8. The smallest absolute Gasteiger partial charge is 0.294 e. The lowest BCUT2D eigenvalue weighted by Crippen LogP contribution is -2.22. The highest BCUT2D eigenvalue weighted by Crippen LogP contribution is 2.33. The average Bonchev–Trinajstić information content (AvgIpc) is 2.37. The van der Waals surface area contributed by atoms with Crippen LogP contribution in [0.2, 0.25) is 0 Å². The van der Waals surface area contributed by atoms with Crippen molar-refractivity contribution in [2.75, 3.05) is 37.8 Å². The van der Waals surface area contributed by atoms with Crippen LogP contribution in [0.3, 0.4) is 0 Å². The number of hydrogen-bond donors (Lipinski definition) is 2. The molecular weight excluding hydrogens is 260 g/mol. The Hall–Kier alpha value is -2.15. The van der Waals surface area contributed by atoms with Gasteiger partial charge in [-0.2, -0.15) is 0 Å². The van der Waals surface area contributed by atoms with E-state index in [1.165, 1.54) is 6.07 Å². The molecule has 1 aliphatic heterocycles. The van der Waals surface area contributed by atoms with Gasteiger partial charge in [0.15, 0.2) is 0 Å². The number of rotatable bonds is 5. The maximum Gasteiger partial charge on any atom is 0.294 e. The Bertz CT molecular complexity index is 543. The van der Waals surface area contributed by atoms with Crippen molar-refractivity contribution >= 4 is 23.0 Å². The number of nitro benzene ring substituents is 1. The second-order valence-electron chi connectivity index (χ2n) is 5.06. The van der Waals surface area contributed by atoms with Gasteiger partial charge in [-0.05, 0) is 32.1 Å². The number of nitro groups is 1. The second kappa shape index (κ2) is 5.87. The Labute approximate surface area is 117 Å². The van der Waals surface area contributed by atoms with Crippen LogP contribution in [0.1, 0.15) is 12.0 Å². The zero-order chi connectivity index (χ0) is 14.7. The summed E-state index contributed by atoms with van der Waals surface area (Å²) in [5.41, 5.74) is 1.98. The first kappa shape index (κ1) is 14.3. The molecule has 20 heavy (non-hydrogen) atoms. The second-order valence-corrected chi connectivity index (χ2v) is 5.06. The highest BCUT2D eigenvalue weighted by atomic mass is 16.6. The van der Waals surface area contributed by atoms with E-state index in [4.69, 9.17) is 0 Å². The lowest BCUT2D eigenvalue weighted by Gasteiger charge is -2.18. The molecule has 0 saturated heterocycles. The lowest BCUT2D eigenvalue weighted by atomic mass is 10.0. The third-order valence-corrected chi connectivity index (χ3v) is 3.19. The molecular formula is C13H18N4O3. The average molecular weight is 278 g/mol. The van der Waals surface area contributed by atoms with E-state index in [0.717, 1.165) is 12.1 Å². The van der Waals surface area contributed by atoms with Gasteiger partial charge in [0.1, 0.15) is 5.69 Å². The summed E-state index contributed by atoms with van der Waals surface area (Å²) >= 11 is 0. The number of hydrogen-bond acceptors (Lipinski definition) is 5. The van der Waals surface area contributed by atoms with E-state index in [1.54, 1.807) is 6.07 Å². The van der Waals surface area contributed by atoms with Gasteiger partial charge < -0.3 is 15.5 Å². The maximum absolute atomic E-state index is 11.3. The molecule has 0 bridgehead atoms. The summed E-state index contributed by atoms with van der Waals surface area (Å²) in [7, 11) is 3.89. The molecule has 0 spiro atoms. The molecule has 0 fully saturated rings. The lowest BCUT2D eigenvalue weighted by molar-refractivity contribution is -0.383. The first-order valence-electron chi connectivity index (χ1n) is 6.47. The number of fused-ring (bicyclic) bond motifs is 1. The molecule has 0 aromatic heterocycles. The number of aryl methyl sites for hydroxylation is 1. The van der Waals surface area contributed by atoms with Crippen molar-refractivity contribution in [3.05, 3.63) is 27.8 Å². The summed E-state index contributed by atoms with van der Waals surface area (Å²) in [6, 6.07) is 3.20. The third kappa shape index (κ3) is 3.24. The van der Waals surface area contributed by atoms with Crippen LogP contribution in [0.4, 0.5) is 17.1 Å². The summed E-state index contributed by atoms with van der Waals surface area (Å²) < 4.78 is 0. The zero-order valence-corrected chi connectivity index (χ0v) is 11.6. The van der Waals surface area contributed by atoms with E-state index in [0.29, 0.717) is 30.8 Å². The van der Waals surface area contributed by atoms with E-state index < -0.39 is 4.92 Å². The van der Waals surface area contributed by atoms with Crippen molar-refractivity contribution in [1.82, 2.24) is 4.90 Å². The molecule has 2 rings (SSSR count). The van der Waals surface area contributed by atoms with E-state index in [-0.39, 0.29) is 11.6 Å². The van der Waals surface area contributed by atoms with Crippen molar-refractivity contribution in [1.29, 1.82) is 0 Å². The van der Waals surface area contributed by atoms with E-state index in [1.807, 2.05) is 19.0 Å². The van der Waals surface area contributed by atoms with Crippen LogP contribution >= 0.6 is 0 Å². The van der Waals surface area contributed by atoms with Crippen LogP contribution < -0.4 is 10.6 Å². The molecule has 1 amide bonds. The molecule has 1 aliphatic rings. The topological polar surface area (TPSA) is 87.5 Å². The number of benzene rings is 1. The van der Waals surface area contributed by atoms with Gasteiger partial charge in [-0.25, -0.2) is 0 Å². The van der Waals surface area contributed by atoms with Gasteiger partial charge in [-0.3, -0.25) is 14.9 Å².